The molecule has 2 aliphatic rings. The topological polar surface area (TPSA) is 114 Å². The molecule has 0 spiro atoms. The molecule has 3 rings (SSSR count). The summed E-state index contributed by atoms with van der Waals surface area (Å²) < 4.78 is 25.4. The molecule has 0 saturated carbocycles. The summed E-state index contributed by atoms with van der Waals surface area (Å²) in [7, 11) is -3.09. The van der Waals surface area contributed by atoms with E-state index in [0.717, 1.165) is 10.6 Å². The van der Waals surface area contributed by atoms with Crippen molar-refractivity contribution in [1.82, 2.24) is 14.4 Å². The summed E-state index contributed by atoms with van der Waals surface area (Å²) in [6.07, 6.45) is 1.79. The third kappa shape index (κ3) is 3.28. The Morgan fingerprint density at radius 3 is 2.43 bits per heavy atom. The lowest BCUT2D eigenvalue weighted by Gasteiger charge is -2.17. The number of amides is 4. The van der Waals surface area contributed by atoms with Crippen molar-refractivity contribution in [3.05, 3.63) is 35.7 Å². The number of rotatable bonds is 6. The van der Waals surface area contributed by atoms with Crippen LogP contribution in [0, 0.1) is 13.8 Å². The van der Waals surface area contributed by atoms with Crippen LogP contribution in [0.5, 0.6) is 0 Å². The van der Waals surface area contributed by atoms with Crippen LogP contribution in [-0.4, -0.2) is 71.0 Å². The molecule has 0 unspecified atom stereocenters. The van der Waals surface area contributed by atoms with Gasteiger partial charge in [-0.05, 0) is 26.3 Å². The first-order valence-electron chi connectivity index (χ1n) is 8.77. The van der Waals surface area contributed by atoms with Crippen LogP contribution in [-0.2, 0) is 19.4 Å². The number of nitrogens with zero attached hydrogens (tertiary/aromatic N) is 3. The van der Waals surface area contributed by atoms with E-state index in [9.17, 15) is 27.6 Å². The summed E-state index contributed by atoms with van der Waals surface area (Å²) in [6.45, 7) is 6.25. The molecule has 4 amide bonds. The van der Waals surface area contributed by atoms with Gasteiger partial charge in [0.05, 0.1) is 18.1 Å². The number of hydrogen-bond donors (Lipinski definition) is 0. The Hall–Kier alpha value is -2.75. The maximum Gasteiger partial charge on any atom is 0.334 e. The second kappa shape index (κ2) is 7.01. The molecule has 0 radical (unpaired) electrons. The molecule has 2 saturated heterocycles. The van der Waals surface area contributed by atoms with Crippen LogP contribution in [0.25, 0.3) is 0 Å². The highest BCUT2D eigenvalue weighted by atomic mass is 32.2. The van der Waals surface area contributed by atoms with Gasteiger partial charge < -0.3 is 4.57 Å². The van der Waals surface area contributed by atoms with E-state index in [1.807, 2.05) is 4.57 Å². The monoisotopic (exact) mass is 407 g/mol. The fraction of sp³-hybridized carbons (Fsp3) is 0.444. The third-order valence-electron chi connectivity index (χ3n) is 5.11. The molecule has 0 N–H and O–H groups in total. The normalized spacial score (nSPS) is 21.6. The van der Waals surface area contributed by atoms with Gasteiger partial charge >= 0.3 is 17.8 Å². The average Bonchev–Trinajstić information content (AvgIpc) is 3.19. The predicted octanol–water partition coefficient (Wildman–Crippen LogP) is 0.624. The van der Waals surface area contributed by atoms with Crippen molar-refractivity contribution < 1.29 is 27.6 Å². The van der Waals surface area contributed by atoms with Gasteiger partial charge in [0, 0.05) is 29.5 Å². The van der Waals surface area contributed by atoms with Crippen LogP contribution in [0.1, 0.15) is 34.2 Å². The molecule has 0 aromatic carbocycles. The molecule has 0 aliphatic carbocycles. The number of imide groups is 2. The van der Waals surface area contributed by atoms with E-state index < -0.39 is 40.0 Å². The number of sulfone groups is 1. The Morgan fingerprint density at radius 1 is 1.21 bits per heavy atom. The molecule has 28 heavy (non-hydrogen) atoms. The molecule has 3 heterocycles. The van der Waals surface area contributed by atoms with Gasteiger partial charge in [-0.3, -0.25) is 19.3 Å². The molecule has 2 fully saturated rings. The SMILES string of the molecule is C=CCN1C(=O)C(=O)N(CC(=O)c2cc(C)n([C@@H]3CCS(=O)(=O)C3)c2C)C1=O. The lowest BCUT2D eigenvalue weighted by Crippen LogP contribution is -2.37. The van der Waals surface area contributed by atoms with E-state index in [0.29, 0.717) is 22.6 Å². The Morgan fingerprint density at radius 2 is 1.86 bits per heavy atom. The van der Waals surface area contributed by atoms with Gasteiger partial charge in [0.15, 0.2) is 15.6 Å². The predicted molar refractivity (Wildman–Crippen MR) is 99.6 cm³/mol. The number of Topliss-reactive ketones (excluding diaryl/α,β-unsaturated/α-hetero) is 1. The average molecular weight is 407 g/mol. The molecule has 1 aromatic heterocycles. The molecule has 150 valence electrons. The molecule has 1 aromatic rings. The van der Waals surface area contributed by atoms with E-state index >= 15 is 0 Å². The van der Waals surface area contributed by atoms with Crippen molar-refractivity contribution in [1.29, 1.82) is 0 Å². The van der Waals surface area contributed by atoms with Crippen LogP contribution in [0.4, 0.5) is 4.79 Å². The first-order chi connectivity index (χ1) is 13.1. The second-order valence-electron chi connectivity index (χ2n) is 7.01. The smallest absolute Gasteiger partial charge is 0.334 e. The largest absolute Gasteiger partial charge is 0.344 e. The summed E-state index contributed by atoms with van der Waals surface area (Å²) in [5, 5.41) is 0. The molecule has 2 aliphatic heterocycles. The number of ketones is 1. The van der Waals surface area contributed by atoms with Crippen molar-refractivity contribution >= 4 is 33.5 Å². The van der Waals surface area contributed by atoms with Gasteiger partial charge in [-0.1, -0.05) is 6.08 Å². The quantitative estimate of drug-likeness (QED) is 0.296. The van der Waals surface area contributed by atoms with Crippen molar-refractivity contribution in [3.8, 4) is 0 Å². The van der Waals surface area contributed by atoms with E-state index in [1.165, 1.54) is 6.08 Å². The zero-order valence-corrected chi connectivity index (χ0v) is 16.5. The lowest BCUT2D eigenvalue weighted by atomic mass is 10.1. The summed E-state index contributed by atoms with van der Waals surface area (Å²) in [5.41, 5.74) is 1.61. The Bertz CT molecular complexity index is 1010. The van der Waals surface area contributed by atoms with E-state index in [4.69, 9.17) is 0 Å². The first-order valence-corrected chi connectivity index (χ1v) is 10.6. The second-order valence-corrected chi connectivity index (χ2v) is 9.24. The third-order valence-corrected chi connectivity index (χ3v) is 6.86. The van der Waals surface area contributed by atoms with Crippen LogP contribution in [0.2, 0.25) is 0 Å². The van der Waals surface area contributed by atoms with Crippen molar-refractivity contribution in [2.45, 2.75) is 26.3 Å². The lowest BCUT2D eigenvalue weighted by molar-refractivity contribution is -0.142. The minimum absolute atomic E-state index is 0.0190. The Balaban J connectivity index is 1.83. The van der Waals surface area contributed by atoms with Gasteiger partial charge in [0.1, 0.15) is 0 Å². The Labute approximate surface area is 162 Å². The Kier molecular flexibility index (Phi) is 5.00. The van der Waals surface area contributed by atoms with Crippen LogP contribution < -0.4 is 0 Å². The fourth-order valence-electron chi connectivity index (χ4n) is 3.81. The highest BCUT2D eigenvalue weighted by molar-refractivity contribution is 7.91. The minimum atomic E-state index is -3.09. The van der Waals surface area contributed by atoms with Gasteiger partial charge in [-0.2, -0.15) is 0 Å². The number of carbonyl (C=O) groups is 4. The summed E-state index contributed by atoms with van der Waals surface area (Å²) in [6, 6.07) is 0.530. The van der Waals surface area contributed by atoms with Gasteiger partial charge in [-0.25, -0.2) is 18.1 Å². The van der Waals surface area contributed by atoms with Crippen LogP contribution >= 0.6 is 0 Å². The van der Waals surface area contributed by atoms with Gasteiger partial charge in [0.2, 0.25) is 0 Å². The van der Waals surface area contributed by atoms with Gasteiger partial charge in [0.25, 0.3) is 0 Å². The zero-order valence-electron chi connectivity index (χ0n) is 15.7. The number of urea groups is 1. The standard InChI is InChI=1S/C18H21N3O6S/c1-4-6-19-16(23)17(24)20(18(19)25)9-15(22)14-8-11(2)21(12(14)3)13-5-7-28(26,27)10-13/h4,8,13H,1,5-7,9-10H2,2-3H3/t13-/m1/s1. The summed E-state index contributed by atoms with van der Waals surface area (Å²) in [4.78, 5) is 50.3. The number of aryl methyl sites for hydroxylation is 1. The summed E-state index contributed by atoms with van der Waals surface area (Å²) >= 11 is 0. The van der Waals surface area contributed by atoms with E-state index in [2.05, 4.69) is 6.58 Å². The molecular weight excluding hydrogens is 386 g/mol. The first kappa shape index (κ1) is 20.0. The van der Waals surface area contributed by atoms with Gasteiger partial charge in [-0.15, -0.1) is 6.58 Å². The molecule has 10 heteroatoms. The minimum Gasteiger partial charge on any atom is -0.344 e. The van der Waals surface area contributed by atoms with E-state index in [1.54, 1.807) is 19.9 Å². The highest BCUT2D eigenvalue weighted by Crippen LogP contribution is 2.29. The fourth-order valence-corrected chi connectivity index (χ4v) is 5.51. The highest BCUT2D eigenvalue weighted by Gasteiger charge is 2.44. The number of hydrogen-bond acceptors (Lipinski definition) is 6. The van der Waals surface area contributed by atoms with E-state index in [-0.39, 0.29) is 24.1 Å². The number of carbonyl (C=O) groups excluding carboxylic acids is 4. The maximum absolute atomic E-state index is 12.8. The van der Waals surface area contributed by atoms with Crippen molar-refractivity contribution in [2.75, 3.05) is 24.6 Å². The van der Waals surface area contributed by atoms with Crippen molar-refractivity contribution in [2.24, 2.45) is 0 Å². The van der Waals surface area contributed by atoms with Crippen molar-refractivity contribution in [3.63, 3.8) is 0 Å². The molecule has 9 nitrogen and oxygen atoms in total. The van der Waals surface area contributed by atoms with Crippen LogP contribution in [0.15, 0.2) is 18.7 Å². The molecular formula is C18H21N3O6S. The molecule has 0 bridgehead atoms. The maximum atomic E-state index is 12.8. The molecule has 1 atom stereocenters. The van der Waals surface area contributed by atoms with Crippen LogP contribution in [0.3, 0.4) is 0 Å². The number of aromatic nitrogens is 1. The summed E-state index contributed by atoms with van der Waals surface area (Å²) in [5.74, 6) is -2.40. The zero-order chi connectivity index (χ0) is 20.8.